The number of hydrogen-bond acceptors (Lipinski definition) is 2. The summed E-state index contributed by atoms with van der Waals surface area (Å²) in [5.41, 5.74) is 4.61. The smallest absolute Gasteiger partial charge is 0.326 e. The van der Waals surface area contributed by atoms with Crippen LogP contribution in [0.4, 0.5) is 4.79 Å². The molecular formula is C11H17N3O. The number of urea groups is 1. The fraction of sp³-hybridized carbons (Fsp3) is 0.364. The van der Waals surface area contributed by atoms with E-state index in [-0.39, 0.29) is 6.03 Å². The van der Waals surface area contributed by atoms with Gasteiger partial charge in [-0.2, -0.15) is 0 Å². The average molecular weight is 207 g/mol. The third-order valence-electron chi connectivity index (χ3n) is 2.45. The van der Waals surface area contributed by atoms with Crippen molar-refractivity contribution in [2.45, 2.75) is 13.3 Å². The van der Waals surface area contributed by atoms with Gasteiger partial charge in [-0.15, -0.1) is 0 Å². The predicted molar refractivity (Wildman–Crippen MR) is 60.2 cm³/mol. The van der Waals surface area contributed by atoms with Crippen molar-refractivity contribution < 1.29 is 4.79 Å². The molecule has 0 unspecified atom stereocenters. The maximum absolute atomic E-state index is 11.1. The average Bonchev–Trinajstić information content (AvgIpc) is 2.26. The van der Waals surface area contributed by atoms with Crippen LogP contribution in [-0.2, 0) is 6.42 Å². The number of nitrogens with zero attached hydrogens (tertiary/aromatic N) is 1. The zero-order chi connectivity index (χ0) is 11.3. The minimum Gasteiger partial charge on any atom is -0.326 e. The third-order valence-corrected chi connectivity index (χ3v) is 2.45. The Labute approximate surface area is 90.0 Å². The van der Waals surface area contributed by atoms with Crippen LogP contribution in [0, 0.1) is 6.92 Å². The van der Waals surface area contributed by atoms with E-state index in [9.17, 15) is 4.79 Å². The van der Waals surface area contributed by atoms with Gasteiger partial charge in [0, 0.05) is 13.6 Å². The molecule has 4 heteroatoms. The Morgan fingerprint density at radius 2 is 2.13 bits per heavy atom. The quantitative estimate of drug-likeness (QED) is 0.442. The number of hydrogen-bond donors (Lipinski definition) is 2. The molecule has 1 aromatic carbocycles. The van der Waals surface area contributed by atoms with Gasteiger partial charge in [0.15, 0.2) is 0 Å². The molecule has 3 N–H and O–H groups in total. The van der Waals surface area contributed by atoms with Crippen LogP contribution in [0.1, 0.15) is 11.1 Å². The van der Waals surface area contributed by atoms with E-state index in [1.54, 1.807) is 11.9 Å². The number of likely N-dealkylation sites (N-methyl/N-ethyl adjacent to an activating group) is 1. The molecule has 0 fully saturated rings. The maximum Gasteiger partial charge on any atom is 0.331 e. The third kappa shape index (κ3) is 3.25. The molecule has 2 amide bonds. The van der Waals surface area contributed by atoms with E-state index >= 15 is 0 Å². The van der Waals surface area contributed by atoms with Crippen LogP contribution in [0.15, 0.2) is 24.3 Å². The second-order valence-electron chi connectivity index (χ2n) is 3.55. The summed E-state index contributed by atoms with van der Waals surface area (Å²) in [7, 11) is 1.72. The lowest BCUT2D eigenvalue weighted by Gasteiger charge is -2.16. The Kier molecular flexibility index (Phi) is 4.12. The lowest BCUT2D eigenvalue weighted by molar-refractivity contribution is 0.209. The van der Waals surface area contributed by atoms with Crippen molar-refractivity contribution in [3.05, 3.63) is 35.4 Å². The first kappa shape index (κ1) is 11.5. The molecule has 0 saturated heterocycles. The van der Waals surface area contributed by atoms with Crippen LogP contribution in [0.2, 0.25) is 0 Å². The Balaban J connectivity index is 2.50. The summed E-state index contributed by atoms with van der Waals surface area (Å²) in [6.07, 6.45) is 0.844. The van der Waals surface area contributed by atoms with Gasteiger partial charge in [0.1, 0.15) is 0 Å². The van der Waals surface area contributed by atoms with Crippen LogP contribution in [-0.4, -0.2) is 24.5 Å². The molecule has 0 radical (unpaired) electrons. The van der Waals surface area contributed by atoms with Crippen molar-refractivity contribution in [3.63, 3.8) is 0 Å². The molecule has 0 aromatic heterocycles. The van der Waals surface area contributed by atoms with Crippen molar-refractivity contribution in [2.24, 2.45) is 5.84 Å². The van der Waals surface area contributed by atoms with E-state index in [0.29, 0.717) is 6.54 Å². The largest absolute Gasteiger partial charge is 0.331 e. The zero-order valence-electron chi connectivity index (χ0n) is 9.16. The Hall–Kier alpha value is -1.55. The highest BCUT2D eigenvalue weighted by Crippen LogP contribution is 2.07. The molecule has 82 valence electrons. The molecule has 0 aliphatic rings. The summed E-state index contributed by atoms with van der Waals surface area (Å²) < 4.78 is 0. The van der Waals surface area contributed by atoms with Crippen molar-refractivity contribution in [3.8, 4) is 0 Å². The standard InChI is InChI=1S/C11H17N3O/c1-9-5-3-4-6-10(9)7-8-14(2)11(15)13-12/h3-6H,7-8,12H2,1-2H3,(H,13,15). The summed E-state index contributed by atoms with van der Waals surface area (Å²) in [5.74, 6) is 5.03. The number of amides is 2. The van der Waals surface area contributed by atoms with Crippen molar-refractivity contribution >= 4 is 6.03 Å². The maximum atomic E-state index is 11.1. The molecule has 1 aromatic rings. The summed E-state index contributed by atoms with van der Waals surface area (Å²) in [6.45, 7) is 2.73. The Morgan fingerprint density at radius 1 is 1.47 bits per heavy atom. The molecule has 1 rings (SSSR count). The second kappa shape index (κ2) is 5.36. The molecular weight excluding hydrogens is 190 g/mol. The van der Waals surface area contributed by atoms with Crippen LogP contribution < -0.4 is 11.3 Å². The summed E-state index contributed by atoms with van der Waals surface area (Å²) in [4.78, 5) is 12.7. The number of carbonyl (C=O) groups is 1. The summed E-state index contributed by atoms with van der Waals surface area (Å²) in [5, 5.41) is 0. The lowest BCUT2D eigenvalue weighted by atomic mass is 10.1. The summed E-state index contributed by atoms with van der Waals surface area (Å²) >= 11 is 0. The number of aryl methyl sites for hydroxylation is 1. The highest BCUT2D eigenvalue weighted by Gasteiger charge is 2.06. The minimum atomic E-state index is -0.261. The van der Waals surface area contributed by atoms with Gasteiger partial charge in [-0.3, -0.25) is 5.43 Å². The van der Waals surface area contributed by atoms with Gasteiger partial charge in [-0.25, -0.2) is 10.6 Å². The molecule has 0 atom stereocenters. The number of hydrazine groups is 1. The molecule has 0 aliphatic carbocycles. The highest BCUT2D eigenvalue weighted by atomic mass is 16.2. The van der Waals surface area contributed by atoms with Crippen molar-refractivity contribution in [1.82, 2.24) is 10.3 Å². The van der Waals surface area contributed by atoms with E-state index in [0.717, 1.165) is 6.42 Å². The van der Waals surface area contributed by atoms with Crippen molar-refractivity contribution in [2.75, 3.05) is 13.6 Å². The monoisotopic (exact) mass is 207 g/mol. The van der Waals surface area contributed by atoms with E-state index in [4.69, 9.17) is 5.84 Å². The number of carbonyl (C=O) groups excluding carboxylic acids is 1. The predicted octanol–water partition coefficient (Wildman–Crippen LogP) is 1.05. The molecule has 0 spiro atoms. The Bertz CT molecular complexity index is 338. The number of benzene rings is 1. The second-order valence-corrected chi connectivity index (χ2v) is 3.55. The molecule has 4 nitrogen and oxygen atoms in total. The van der Waals surface area contributed by atoms with Gasteiger partial charge < -0.3 is 4.90 Å². The van der Waals surface area contributed by atoms with E-state index in [2.05, 4.69) is 24.5 Å². The van der Waals surface area contributed by atoms with Crippen molar-refractivity contribution in [1.29, 1.82) is 0 Å². The summed E-state index contributed by atoms with van der Waals surface area (Å²) in [6, 6.07) is 7.89. The van der Waals surface area contributed by atoms with E-state index in [1.165, 1.54) is 11.1 Å². The fourth-order valence-electron chi connectivity index (χ4n) is 1.39. The number of rotatable bonds is 3. The first-order valence-electron chi connectivity index (χ1n) is 4.91. The van der Waals surface area contributed by atoms with Crippen LogP contribution in [0.5, 0.6) is 0 Å². The number of nitrogens with one attached hydrogen (secondary N) is 1. The number of nitrogens with two attached hydrogens (primary N) is 1. The molecule has 0 bridgehead atoms. The zero-order valence-corrected chi connectivity index (χ0v) is 9.16. The first-order valence-corrected chi connectivity index (χ1v) is 4.91. The highest BCUT2D eigenvalue weighted by molar-refractivity contribution is 5.73. The van der Waals surface area contributed by atoms with E-state index < -0.39 is 0 Å². The fourth-order valence-corrected chi connectivity index (χ4v) is 1.39. The topological polar surface area (TPSA) is 58.4 Å². The minimum absolute atomic E-state index is 0.261. The van der Waals surface area contributed by atoms with Crippen LogP contribution in [0.3, 0.4) is 0 Å². The van der Waals surface area contributed by atoms with Gasteiger partial charge in [-0.1, -0.05) is 24.3 Å². The molecule has 0 heterocycles. The van der Waals surface area contributed by atoms with E-state index in [1.807, 2.05) is 12.1 Å². The molecule has 0 aliphatic heterocycles. The Morgan fingerprint density at radius 3 is 2.73 bits per heavy atom. The molecule has 15 heavy (non-hydrogen) atoms. The lowest BCUT2D eigenvalue weighted by Crippen LogP contribution is -2.42. The SMILES string of the molecule is Cc1ccccc1CCN(C)C(=O)NN. The van der Waals surface area contributed by atoms with Gasteiger partial charge in [0.2, 0.25) is 0 Å². The van der Waals surface area contributed by atoms with Gasteiger partial charge in [0.25, 0.3) is 0 Å². The van der Waals surface area contributed by atoms with Crippen LogP contribution >= 0.6 is 0 Å². The van der Waals surface area contributed by atoms with Gasteiger partial charge in [-0.05, 0) is 24.5 Å². The normalized spacial score (nSPS) is 9.80. The van der Waals surface area contributed by atoms with Gasteiger partial charge in [0.05, 0.1) is 0 Å². The first-order chi connectivity index (χ1) is 7.15. The van der Waals surface area contributed by atoms with Crippen LogP contribution in [0.25, 0.3) is 0 Å². The molecule has 0 saturated carbocycles. The van der Waals surface area contributed by atoms with Gasteiger partial charge >= 0.3 is 6.03 Å².